The summed E-state index contributed by atoms with van der Waals surface area (Å²) in [6.07, 6.45) is 0. The van der Waals surface area contributed by atoms with Crippen LogP contribution in [0.15, 0.2) is 18.2 Å². The molecule has 5 heteroatoms. The summed E-state index contributed by atoms with van der Waals surface area (Å²) in [4.78, 5) is 13.3. The molecule has 0 saturated heterocycles. The van der Waals surface area contributed by atoms with Crippen LogP contribution in [0.4, 0.5) is 10.1 Å². The highest BCUT2D eigenvalue weighted by molar-refractivity contribution is 5.99. The van der Waals surface area contributed by atoms with E-state index in [1.165, 1.54) is 19.1 Å². The number of hydrogen-bond acceptors (Lipinski definition) is 4. The summed E-state index contributed by atoms with van der Waals surface area (Å²) in [5, 5.41) is 9.04. The highest BCUT2D eigenvalue weighted by Crippen LogP contribution is 2.22. The summed E-state index contributed by atoms with van der Waals surface area (Å²) in [5.41, 5.74) is 0.939. The van der Waals surface area contributed by atoms with Gasteiger partial charge in [0.15, 0.2) is 5.78 Å². The van der Waals surface area contributed by atoms with Crippen LogP contribution in [0.25, 0.3) is 0 Å². The minimum absolute atomic E-state index is 0.0432. The molecule has 0 aromatic heterocycles. The number of carbonyl (C=O) groups is 1. The van der Waals surface area contributed by atoms with Gasteiger partial charge in [-0.15, -0.1) is 0 Å². The van der Waals surface area contributed by atoms with Crippen molar-refractivity contribution >= 4 is 11.5 Å². The molecule has 0 aliphatic heterocycles. The first-order valence-corrected chi connectivity index (χ1v) is 5.75. The third-order valence-corrected chi connectivity index (χ3v) is 2.61. The lowest BCUT2D eigenvalue weighted by atomic mass is 10.1. The van der Waals surface area contributed by atoms with Crippen molar-refractivity contribution in [1.82, 2.24) is 0 Å². The zero-order valence-electron chi connectivity index (χ0n) is 10.6. The van der Waals surface area contributed by atoms with E-state index in [4.69, 9.17) is 9.84 Å². The predicted octanol–water partition coefficient (Wildman–Crippen LogP) is 1.47. The van der Waals surface area contributed by atoms with Crippen molar-refractivity contribution in [3.8, 4) is 0 Å². The Morgan fingerprint density at radius 2 is 2.17 bits per heavy atom. The molecule has 1 N–H and O–H groups in total. The van der Waals surface area contributed by atoms with Crippen molar-refractivity contribution in [2.45, 2.75) is 6.92 Å². The predicted molar refractivity (Wildman–Crippen MR) is 67.6 cm³/mol. The van der Waals surface area contributed by atoms with Crippen LogP contribution in [0.5, 0.6) is 0 Å². The van der Waals surface area contributed by atoms with Crippen LogP contribution in [0.2, 0.25) is 0 Å². The normalized spacial score (nSPS) is 10.4. The zero-order valence-corrected chi connectivity index (χ0v) is 10.6. The highest BCUT2D eigenvalue weighted by Gasteiger charge is 2.14. The lowest BCUT2D eigenvalue weighted by Crippen LogP contribution is -2.31. The topological polar surface area (TPSA) is 49.8 Å². The summed E-state index contributed by atoms with van der Waals surface area (Å²) in [5.74, 6) is -0.649. The summed E-state index contributed by atoms with van der Waals surface area (Å²) < 4.78 is 18.1. The average Bonchev–Trinajstić information content (AvgIpc) is 2.34. The molecule has 0 amide bonds. The molecule has 0 fully saturated rings. The fourth-order valence-corrected chi connectivity index (χ4v) is 1.74. The first-order valence-electron chi connectivity index (χ1n) is 5.75. The molecule has 0 spiro atoms. The first kappa shape index (κ1) is 14.6. The maximum absolute atomic E-state index is 13.2. The Morgan fingerprint density at radius 3 is 2.72 bits per heavy atom. The van der Waals surface area contributed by atoms with Gasteiger partial charge in [-0.25, -0.2) is 4.39 Å². The van der Waals surface area contributed by atoms with E-state index < -0.39 is 5.82 Å². The van der Waals surface area contributed by atoms with E-state index in [0.717, 1.165) is 0 Å². The van der Waals surface area contributed by atoms with E-state index in [-0.39, 0.29) is 12.4 Å². The second kappa shape index (κ2) is 7.08. The number of aliphatic hydroxyl groups is 1. The number of Topliss-reactive ketones (excluding diaryl/α,β-unsaturated/α-hetero) is 1. The number of ether oxygens (including phenoxy) is 1. The van der Waals surface area contributed by atoms with Gasteiger partial charge in [-0.2, -0.15) is 0 Å². The Labute approximate surface area is 106 Å². The maximum atomic E-state index is 13.2. The number of halogens is 1. The molecule has 0 atom stereocenters. The molecule has 0 saturated carbocycles. The number of aliphatic hydroxyl groups excluding tert-OH is 1. The van der Waals surface area contributed by atoms with Gasteiger partial charge in [0.2, 0.25) is 0 Å². The van der Waals surface area contributed by atoms with Gasteiger partial charge < -0.3 is 14.7 Å². The van der Waals surface area contributed by atoms with Gasteiger partial charge in [0, 0.05) is 31.5 Å². The highest BCUT2D eigenvalue weighted by atomic mass is 19.1. The number of ketones is 1. The molecule has 0 heterocycles. The number of nitrogens with zero attached hydrogens (tertiary/aromatic N) is 1. The fourth-order valence-electron chi connectivity index (χ4n) is 1.74. The lowest BCUT2D eigenvalue weighted by Gasteiger charge is -2.25. The van der Waals surface area contributed by atoms with E-state index in [9.17, 15) is 9.18 Å². The van der Waals surface area contributed by atoms with E-state index >= 15 is 0 Å². The second-order valence-electron chi connectivity index (χ2n) is 3.92. The molecule has 1 aromatic carbocycles. The van der Waals surface area contributed by atoms with Crippen molar-refractivity contribution in [2.75, 3.05) is 38.3 Å². The molecule has 1 rings (SSSR count). The number of rotatable bonds is 7. The van der Waals surface area contributed by atoms with Crippen LogP contribution in [-0.2, 0) is 4.74 Å². The minimum Gasteiger partial charge on any atom is -0.395 e. The monoisotopic (exact) mass is 255 g/mol. The van der Waals surface area contributed by atoms with Crippen LogP contribution in [0, 0.1) is 5.82 Å². The number of anilines is 1. The largest absolute Gasteiger partial charge is 0.395 e. The van der Waals surface area contributed by atoms with Gasteiger partial charge in [0.25, 0.3) is 0 Å². The number of carbonyl (C=O) groups excluding carboxylic acids is 1. The molecule has 4 nitrogen and oxygen atoms in total. The van der Waals surface area contributed by atoms with Crippen molar-refractivity contribution in [3.63, 3.8) is 0 Å². The van der Waals surface area contributed by atoms with Gasteiger partial charge in [0.05, 0.1) is 13.2 Å². The Bertz CT molecular complexity index is 409. The molecule has 0 radical (unpaired) electrons. The quantitative estimate of drug-likeness (QED) is 0.750. The van der Waals surface area contributed by atoms with E-state index in [1.807, 2.05) is 0 Å². The van der Waals surface area contributed by atoms with Crippen LogP contribution in [-0.4, -0.2) is 44.3 Å². The number of methoxy groups -OCH3 is 1. The molecular weight excluding hydrogens is 237 g/mol. The summed E-state index contributed by atoms with van der Waals surface area (Å²) in [6.45, 7) is 2.72. The van der Waals surface area contributed by atoms with E-state index in [1.54, 1.807) is 18.1 Å². The molecular formula is C13H18FNO3. The van der Waals surface area contributed by atoms with Crippen LogP contribution < -0.4 is 4.90 Å². The van der Waals surface area contributed by atoms with E-state index in [2.05, 4.69) is 0 Å². The van der Waals surface area contributed by atoms with Gasteiger partial charge >= 0.3 is 0 Å². The van der Waals surface area contributed by atoms with Crippen molar-refractivity contribution < 1.29 is 19.0 Å². The smallest absolute Gasteiger partial charge is 0.161 e. The molecule has 0 unspecified atom stereocenters. The molecule has 0 aliphatic carbocycles. The zero-order chi connectivity index (χ0) is 13.5. The molecule has 0 aliphatic rings. The Balaban J connectivity index is 3.05. The summed E-state index contributed by atoms with van der Waals surface area (Å²) in [6, 6.07) is 4.07. The molecule has 1 aromatic rings. The maximum Gasteiger partial charge on any atom is 0.161 e. The van der Waals surface area contributed by atoms with Gasteiger partial charge in [-0.1, -0.05) is 0 Å². The fraction of sp³-hybridized carbons (Fsp3) is 0.462. The van der Waals surface area contributed by atoms with Crippen LogP contribution >= 0.6 is 0 Å². The molecule has 0 bridgehead atoms. The lowest BCUT2D eigenvalue weighted by molar-refractivity contribution is 0.101. The average molecular weight is 255 g/mol. The molecule has 18 heavy (non-hydrogen) atoms. The Kier molecular flexibility index (Phi) is 5.74. The Morgan fingerprint density at radius 1 is 1.44 bits per heavy atom. The number of benzene rings is 1. The first-order chi connectivity index (χ1) is 8.60. The minimum atomic E-state index is -0.445. The van der Waals surface area contributed by atoms with Gasteiger partial charge in [0.1, 0.15) is 5.82 Å². The molecule has 100 valence electrons. The SMILES string of the molecule is COCCN(CCO)c1ccc(F)cc1C(C)=O. The number of hydrogen-bond donors (Lipinski definition) is 1. The summed E-state index contributed by atoms with van der Waals surface area (Å²) in [7, 11) is 1.58. The summed E-state index contributed by atoms with van der Waals surface area (Å²) >= 11 is 0. The second-order valence-corrected chi connectivity index (χ2v) is 3.92. The third-order valence-electron chi connectivity index (χ3n) is 2.61. The van der Waals surface area contributed by atoms with E-state index in [0.29, 0.717) is 30.9 Å². The standard InChI is InChI=1S/C13H18FNO3/c1-10(17)12-9-11(14)3-4-13(12)15(5-7-16)6-8-18-2/h3-4,9,16H,5-8H2,1-2H3. The van der Waals surface area contributed by atoms with Crippen molar-refractivity contribution in [2.24, 2.45) is 0 Å². The van der Waals surface area contributed by atoms with Crippen molar-refractivity contribution in [1.29, 1.82) is 0 Å². The van der Waals surface area contributed by atoms with Crippen LogP contribution in [0.1, 0.15) is 17.3 Å². The Hall–Kier alpha value is -1.46. The van der Waals surface area contributed by atoms with Crippen LogP contribution in [0.3, 0.4) is 0 Å². The van der Waals surface area contributed by atoms with Gasteiger partial charge in [-0.3, -0.25) is 4.79 Å². The third kappa shape index (κ3) is 3.78. The van der Waals surface area contributed by atoms with Crippen molar-refractivity contribution in [3.05, 3.63) is 29.6 Å². The van der Waals surface area contributed by atoms with Gasteiger partial charge in [-0.05, 0) is 25.1 Å².